The highest BCUT2D eigenvalue weighted by Gasteiger charge is 2.63. The number of alkyl carbamates (subject to hydrolysis) is 1. The summed E-state index contributed by atoms with van der Waals surface area (Å²) in [5.74, 6) is -5.91. The van der Waals surface area contributed by atoms with Crippen LogP contribution in [0.1, 0.15) is 92.9 Å². The number of halogens is 2. The molecule has 6 rings (SSSR count). The first kappa shape index (κ1) is 43.0. The van der Waals surface area contributed by atoms with Crippen LogP contribution in [0.25, 0.3) is 10.8 Å². The number of allylic oxidation sites excluding steroid dienone is 1. The average Bonchev–Trinajstić information content (AvgIpc) is 4.04. The van der Waals surface area contributed by atoms with Gasteiger partial charge in [0.05, 0.1) is 24.6 Å². The summed E-state index contributed by atoms with van der Waals surface area (Å²) in [4.78, 5) is 62.6. The molecule has 0 bridgehead atoms. The van der Waals surface area contributed by atoms with E-state index in [9.17, 15) is 36.4 Å². The molecule has 1 aromatic heterocycles. The Morgan fingerprint density at radius 1 is 1.10 bits per heavy atom. The molecule has 14 nitrogen and oxygen atoms in total. The van der Waals surface area contributed by atoms with Gasteiger partial charge in [-0.25, -0.2) is 27.0 Å². The van der Waals surface area contributed by atoms with Crippen molar-refractivity contribution in [2.75, 3.05) is 13.7 Å². The van der Waals surface area contributed by atoms with Crippen LogP contribution in [0.2, 0.25) is 0 Å². The maximum absolute atomic E-state index is 15.0. The number of benzene rings is 1. The van der Waals surface area contributed by atoms with E-state index in [1.807, 2.05) is 38.1 Å². The van der Waals surface area contributed by atoms with Gasteiger partial charge in [-0.2, -0.15) is 0 Å². The van der Waals surface area contributed by atoms with Crippen LogP contribution in [0.5, 0.6) is 11.6 Å². The molecule has 3 N–H and O–H groups in total. The largest absolute Gasteiger partial charge is 0.494 e. The fraction of sp³-hybridized carbons (Fsp3) is 0.634. The average molecular weight is 832 g/mol. The fourth-order valence-electron chi connectivity index (χ4n) is 7.85. The first-order chi connectivity index (χ1) is 27.1. The molecule has 2 saturated carbocycles. The minimum absolute atomic E-state index is 0.0283. The molecule has 318 valence electrons. The van der Waals surface area contributed by atoms with Crippen molar-refractivity contribution in [2.45, 2.75) is 133 Å². The number of methoxy groups -OCH3 is 1. The van der Waals surface area contributed by atoms with Crippen molar-refractivity contribution in [3.63, 3.8) is 0 Å². The third kappa shape index (κ3) is 8.60. The first-order valence-corrected chi connectivity index (χ1v) is 21.4. The van der Waals surface area contributed by atoms with E-state index in [-0.39, 0.29) is 31.2 Å². The molecule has 4 aliphatic rings. The molecule has 2 aliphatic carbocycles. The van der Waals surface area contributed by atoms with E-state index in [1.54, 1.807) is 19.1 Å². The number of nitrogens with zero attached hydrogens (tertiary/aromatic N) is 2. The van der Waals surface area contributed by atoms with Crippen molar-refractivity contribution in [1.82, 2.24) is 25.2 Å². The summed E-state index contributed by atoms with van der Waals surface area (Å²) in [7, 11) is -2.54. The predicted molar refractivity (Wildman–Crippen MR) is 211 cm³/mol. The maximum atomic E-state index is 15.0. The summed E-state index contributed by atoms with van der Waals surface area (Å²) in [6.07, 6.45) is 6.20. The van der Waals surface area contributed by atoms with Crippen LogP contribution in [0.15, 0.2) is 42.6 Å². The van der Waals surface area contributed by atoms with Crippen molar-refractivity contribution >= 4 is 44.6 Å². The Balaban J connectivity index is 1.37. The second kappa shape index (κ2) is 15.9. The van der Waals surface area contributed by atoms with Gasteiger partial charge >= 0.3 is 6.09 Å². The van der Waals surface area contributed by atoms with Crippen LogP contribution in [0.4, 0.5) is 13.6 Å². The van der Waals surface area contributed by atoms with Crippen molar-refractivity contribution < 1.29 is 50.6 Å². The van der Waals surface area contributed by atoms with E-state index >= 15 is 0 Å². The van der Waals surface area contributed by atoms with E-state index in [2.05, 4.69) is 20.3 Å². The monoisotopic (exact) mass is 831 g/mol. The second-order valence-electron chi connectivity index (χ2n) is 17.2. The summed E-state index contributed by atoms with van der Waals surface area (Å²) >= 11 is 0. The molecule has 2 aromatic rings. The smallest absolute Gasteiger partial charge is 0.408 e. The number of carbonyl (C=O) groups excluding carboxylic acids is 4. The summed E-state index contributed by atoms with van der Waals surface area (Å²) in [5.41, 5.74) is -3.83. The normalized spacial score (nSPS) is 29.4. The third-order valence-electron chi connectivity index (χ3n) is 12.5. The molecule has 0 spiro atoms. The second-order valence-corrected chi connectivity index (χ2v) is 19.4. The Bertz CT molecular complexity index is 2070. The van der Waals surface area contributed by atoms with Crippen LogP contribution in [-0.2, 0) is 29.1 Å². The quantitative estimate of drug-likeness (QED) is 0.263. The van der Waals surface area contributed by atoms with Gasteiger partial charge in [-0.15, -0.1) is 0 Å². The molecule has 3 fully saturated rings. The topological polar surface area (TPSA) is 182 Å². The molecule has 1 saturated heterocycles. The van der Waals surface area contributed by atoms with Gasteiger partial charge in [0.25, 0.3) is 11.8 Å². The minimum Gasteiger partial charge on any atom is -0.494 e. The number of carbonyl (C=O) groups is 4. The summed E-state index contributed by atoms with van der Waals surface area (Å²) in [6, 6.07) is 4.71. The van der Waals surface area contributed by atoms with Crippen LogP contribution in [0.3, 0.4) is 0 Å². The lowest BCUT2D eigenvalue weighted by Crippen LogP contribution is -2.60. The molecule has 58 heavy (non-hydrogen) atoms. The Morgan fingerprint density at radius 2 is 1.79 bits per heavy atom. The fourth-order valence-corrected chi connectivity index (χ4v) is 9.16. The zero-order valence-corrected chi connectivity index (χ0v) is 34.9. The van der Waals surface area contributed by atoms with Gasteiger partial charge in [0.15, 0.2) is 5.60 Å². The van der Waals surface area contributed by atoms with E-state index < -0.39 is 85.7 Å². The Morgan fingerprint density at radius 3 is 2.43 bits per heavy atom. The molecule has 4 amide bonds. The highest BCUT2D eigenvalue weighted by atomic mass is 32.2. The lowest BCUT2D eigenvalue weighted by molar-refractivity contribution is -0.152. The number of hydrogen-bond acceptors (Lipinski definition) is 10. The zero-order valence-electron chi connectivity index (χ0n) is 34.1. The van der Waals surface area contributed by atoms with Crippen LogP contribution in [-0.4, -0.2) is 95.8 Å². The van der Waals surface area contributed by atoms with Crippen LogP contribution < -0.4 is 24.8 Å². The standard InChI is InChI=1S/C41H55F2N5O9S/c1-8-25-19-24(2)13-9-10-14-26-21-41(26,36(51)47-58(53,54)39(5)17-18-39)46-33(49)30-20-27(56-34-29-16-12-11-15-28(29)31(55-7)22-44-34)23-48(30)35(50)32(25)45-37(52)57-38(3,4)40(6,42)43/h10-12,14-16,22,24-27,30,32H,8-9,13,17-21,23H2,1-7H3,(H,45,52)(H,46,49)(H,47,51)/b14-10-/t24-,25+,26+,27+,30-,32-,41+/m0/s1. The maximum Gasteiger partial charge on any atom is 0.408 e. The minimum atomic E-state index is -4.05. The number of fused-ring (bicyclic) bond motifs is 3. The Labute approximate surface area is 338 Å². The third-order valence-corrected chi connectivity index (χ3v) is 14.7. The van der Waals surface area contributed by atoms with Gasteiger partial charge in [0, 0.05) is 30.0 Å². The summed E-state index contributed by atoms with van der Waals surface area (Å²) in [6.45, 7) is 8.06. The zero-order chi connectivity index (χ0) is 42.4. The van der Waals surface area contributed by atoms with E-state index in [4.69, 9.17) is 14.2 Å². The van der Waals surface area contributed by atoms with Crippen LogP contribution in [0, 0.1) is 17.8 Å². The molecular weight excluding hydrogens is 777 g/mol. The molecular formula is C41H55F2N5O9S. The molecule has 1 aromatic carbocycles. The van der Waals surface area contributed by atoms with Crippen molar-refractivity contribution in [3.8, 4) is 11.6 Å². The summed E-state index contributed by atoms with van der Waals surface area (Å²) < 4.78 is 73.6. The van der Waals surface area contributed by atoms with Crippen molar-refractivity contribution in [1.29, 1.82) is 0 Å². The highest BCUT2D eigenvalue weighted by molar-refractivity contribution is 7.91. The van der Waals surface area contributed by atoms with Gasteiger partial charge in [0.1, 0.15) is 29.5 Å². The van der Waals surface area contributed by atoms with Gasteiger partial charge < -0.3 is 29.7 Å². The molecule has 3 heterocycles. The van der Waals surface area contributed by atoms with E-state index in [0.717, 1.165) is 19.2 Å². The SMILES string of the molecule is CC[C@@H]1C[C@@H](C)CC/C=C\[C@@H]2C[C@@]2(C(=O)NS(=O)(=O)C2(C)CC2)NC(=O)[C@@H]2C[C@@H](Oc3ncc(OC)c4ccccc34)CN2C(=O)[C@H]1NC(=O)OC(C)(C)C(C)(F)F. The Kier molecular flexibility index (Phi) is 11.8. The summed E-state index contributed by atoms with van der Waals surface area (Å²) in [5, 5.41) is 6.78. The number of rotatable bonds is 10. The highest BCUT2D eigenvalue weighted by Crippen LogP contribution is 2.48. The van der Waals surface area contributed by atoms with E-state index in [1.165, 1.54) is 18.2 Å². The van der Waals surface area contributed by atoms with Gasteiger partial charge in [0.2, 0.25) is 27.7 Å². The number of amides is 4. The van der Waals surface area contributed by atoms with E-state index in [0.29, 0.717) is 56.6 Å². The molecule has 7 atom stereocenters. The van der Waals surface area contributed by atoms with Gasteiger partial charge in [-0.1, -0.05) is 50.6 Å². The molecule has 2 aliphatic heterocycles. The number of aromatic nitrogens is 1. The predicted octanol–water partition coefficient (Wildman–Crippen LogP) is 5.40. The lowest BCUT2D eigenvalue weighted by atomic mass is 9.85. The number of pyridine rings is 1. The van der Waals surface area contributed by atoms with Gasteiger partial charge in [-0.3, -0.25) is 19.1 Å². The van der Waals surface area contributed by atoms with Gasteiger partial charge in [-0.05, 0) is 77.2 Å². The number of hydrogen-bond donors (Lipinski definition) is 3. The number of ether oxygens (including phenoxy) is 3. The number of sulfonamides is 1. The lowest BCUT2D eigenvalue weighted by Gasteiger charge is -2.35. The number of alkyl halides is 2. The molecule has 17 heteroatoms. The Hall–Kier alpha value is -4.54. The van der Waals surface area contributed by atoms with Crippen molar-refractivity contribution in [2.24, 2.45) is 17.8 Å². The molecule has 0 unspecified atom stereocenters. The van der Waals surface area contributed by atoms with Crippen LogP contribution >= 0.6 is 0 Å². The first-order valence-electron chi connectivity index (χ1n) is 20.0. The number of nitrogens with one attached hydrogen (secondary N) is 3. The molecule has 0 radical (unpaired) electrons. The van der Waals surface area contributed by atoms with Crippen molar-refractivity contribution in [3.05, 3.63) is 42.6 Å².